The van der Waals surface area contributed by atoms with E-state index in [0.29, 0.717) is 6.54 Å². The molecule has 7 heteroatoms. The van der Waals surface area contributed by atoms with Crippen molar-refractivity contribution in [2.24, 2.45) is 0 Å². The normalized spacial score (nSPS) is 14.4. The first-order chi connectivity index (χ1) is 13.6. The largest absolute Gasteiger partial charge is 0.337 e. The smallest absolute Gasteiger partial charge is 0.236 e. The number of carbonyl (C=O) groups is 1. The molecule has 0 radical (unpaired) electrons. The van der Waals surface area contributed by atoms with Gasteiger partial charge in [-0.05, 0) is 49.1 Å². The van der Waals surface area contributed by atoms with Crippen molar-refractivity contribution in [2.75, 3.05) is 11.9 Å². The molecule has 0 saturated heterocycles. The lowest BCUT2D eigenvalue weighted by Gasteiger charge is -2.30. The number of aromatic nitrogens is 2. The number of carbonyl (C=O) groups excluding carboxylic acids is 1. The molecule has 2 heterocycles. The Kier molecular flexibility index (Phi) is 5.64. The van der Waals surface area contributed by atoms with Gasteiger partial charge in [0.05, 0.1) is 5.25 Å². The predicted molar refractivity (Wildman–Crippen MR) is 115 cm³/mol. The third-order valence-corrected chi connectivity index (χ3v) is 6.75. The molecule has 3 aromatic rings. The van der Waals surface area contributed by atoms with Crippen LogP contribution in [0.15, 0.2) is 52.9 Å². The summed E-state index contributed by atoms with van der Waals surface area (Å²) in [5.41, 5.74) is 4.78. The molecule has 1 aliphatic rings. The summed E-state index contributed by atoms with van der Waals surface area (Å²) in [4.78, 5) is 14.8. The molecule has 1 unspecified atom stereocenters. The van der Waals surface area contributed by atoms with Crippen molar-refractivity contribution in [3.05, 3.63) is 65.2 Å². The maximum Gasteiger partial charge on any atom is 0.236 e. The first-order valence-electron chi connectivity index (χ1n) is 9.28. The van der Waals surface area contributed by atoms with E-state index in [1.54, 1.807) is 0 Å². The predicted octanol–water partition coefficient (Wildman–Crippen LogP) is 4.66. The van der Waals surface area contributed by atoms with Crippen molar-refractivity contribution in [1.82, 2.24) is 15.1 Å². The number of anilines is 2. The quantitative estimate of drug-likeness (QED) is 0.620. The average molecular weight is 411 g/mol. The molecule has 4 rings (SSSR count). The van der Waals surface area contributed by atoms with Gasteiger partial charge in [-0.2, -0.15) is 0 Å². The van der Waals surface area contributed by atoms with Gasteiger partial charge in [0.25, 0.3) is 0 Å². The number of thioether (sulfide) groups is 1. The van der Waals surface area contributed by atoms with Gasteiger partial charge in [-0.3, -0.25) is 4.79 Å². The Bertz CT molecular complexity index is 988. The molecule has 144 valence electrons. The highest BCUT2D eigenvalue weighted by Crippen LogP contribution is 2.32. The van der Waals surface area contributed by atoms with Gasteiger partial charge in [-0.25, -0.2) is 0 Å². The van der Waals surface area contributed by atoms with Crippen LogP contribution < -0.4 is 5.32 Å². The third-order valence-electron chi connectivity index (χ3n) is 4.74. The number of hydrogen-bond donors (Lipinski definition) is 1. The van der Waals surface area contributed by atoms with Gasteiger partial charge in [0.1, 0.15) is 0 Å². The SMILES string of the molecule is Cc1cccc(Nc2nnc(SC(C)C(=O)N3CCc4ccccc4C3)s2)c1. The second kappa shape index (κ2) is 8.32. The maximum atomic E-state index is 12.9. The van der Waals surface area contributed by atoms with Crippen LogP contribution in [0.4, 0.5) is 10.8 Å². The van der Waals surface area contributed by atoms with Crippen LogP contribution >= 0.6 is 23.1 Å². The minimum atomic E-state index is -0.190. The highest BCUT2D eigenvalue weighted by Gasteiger charge is 2.26. The lowest BCUT2D eigenvalue weighted by Crippen LogP contribution is -2.40. The van der Waals surface area contributed by atoms with Crippen molar-refractivity contribution in [3.63, 3.8) is 0 Å². The second-order valence-electron chi connectivity index (χ2n) is 6.91. The van der Waals surface area contributed by atoms with Crippen LogP contribution in [0.2, 0.25) is 0 Å². The van der Waals surface area contributed by atoms with Crippen LogP contribution in [-0.4, -0.2) is 32.8 Å². The van der Waals surface area contributed by atoms with E-state index in [-0.39, 0.29) is 11.2 Å². The highest BCUT2D eigenvalue weighted by atomic mass is 32.2. The molecule has 1 aromatic heterocycles. The number of amides is 1. The van der Waals surface area contributed by atoms with E-state index >= 15 is 0 Å². The Balaban J connectivity index is 1.37. The lowest BCUT2D eigenvalue weighted by atomic mass is 10.00. The minimum absolute atomic E-state index is 0.155. The average Bonchev–Trinajstić information content (AvgIpc) is 3.13. The summed E-state index contributed by atoms with van der Waals surface area (Å²) in [7, 11) is 0. The van der Waals surface area contributed by atoms with E-state index in [1.165, 1.54) is 39.8 Å². The molecule has 0 bridgehead atoms. The Hall–Kier alpha value is -2.38. The minimum Gasteiger partial charge on any atom is -0.337 e. The van der Waals surface area contributed by atoms with Gasteiger partial charge >= 0.3 is 0 Å². The van der Waals surface area contributed by atoms with E-state index in [2.05, 4.69) is 52.8 Å². The van der Waals surface area contributed by atoms with Crippen LogP contribution in [0, 0.1) is 6.92 Å². The van der Waals surface area contributed by atoms with Gasteiger partial charge in [0, 0.05) is 18.8 Å². The molecule has 1 atom stereocenters. The molecule has 0 saturated carbocycles. The fourth-order valence-corrected chi connectivity index (χ4v) is 5.30. The van der Waals surface area contributed by atoms with E-state index < -0.39 is 0 Å². The number of fused-ring (bicyclic) bond motifs is 1. The van der Waals surface area contributed by atoms with Gasteiger partial charge in [-0.15, -0.1) is 10.2 Å². The monoisotopic (exact) mass is 410 g/mol. The van der Waals surface area contributed by atoms with Gasteiger partial charge in [0.2, 0.25) is 11.0 Å². The molecule has 2 aromatic carbocycles. The first-order valence-corrected chi connectivity index (χ1v) is 11.0. The molecule has 28 heavy (non-hydrogen) atoms. The standard InChI is InChI=1S/C21H22N4OS2/c1-14-6-5-9-18(12-14)22-20-23-24-21(28-20)27-15(2)19(26)25-11-10-16-7-3-4-8-17(16)13-25/h3-9,12,15H,10-11,13H2,1-2H3,(H,22,23). The van der Waals surface area contributed by atoms with Gasteiger partial charge in [-0.1, -0.05) is 59.5 Å². The summed E-state index contributed by atoms with van der Waals surface area (Å²) < 4.78 is 0.799. The Morgan fingerprint density at radius 3 is 2.82 bits per heavy atom. The number of benzene rings is 2. The zero-order chi connectivity index (χ0) is 19.5. The molecular formula is C21H22N4OS2. The second-order valence-corrected chi connectivity index (χ2v) is 9.47. The number of rotatable bonds is 5. The number of nitrogens with zero attached hydrogens (tertiary/aromatic N) is 3. The third kappa shape index (κ3) is 4.36. The van der Waals surface area contributed by atoms with Crippen LogP contribution in [-0.2, 0) is 17.8 Å². The number of nitrogens with one attached hydrogen (secondary N) is 1. The summed E-state index contributed by atoms with van der Waals surface area (Å²) in [6.45, 7) is 5.47. The zero-order valence-corrected chi connectivity index (χ0v) is 17.5. The van der Waals surface area contributed by atoms with Gasteiger partial charge < -0.3 is 10.2 Å². The molecule has 0 fully saturated rings. The topological polar surface area (TPSA) is 58.1 Å². The molecular weight excluding hydrogens is 388 g/mol. The summed E-state index contributed by atoms with van der Waals surface area (Å²) in [6, 6.07) is 16.5. The fourth-order valence-electron chi connectivity index (χ4n) is 3.30. The van der Waals surface area contributed by atoms with E-state index in [4.69, 9.17) is 0 Å². The molecule has 5 nitrogen and oxygen atoms in total. The van der Waals surface area contributed by atoms with Crippen molar-refractivity contribution in [2.45, 2.75) is 36.4 Å². The van der Waals surface area contributed by atoms with E-state index in [9.17, 15) is 4.79 Å². The van der Waals surface area contributed by atoms with Crippen molar-refractivity contribution in [1.29, 1.82) is 0 Å². The first kappa shape index (κ1) is 19.0. The molecule has 1 N–H and O–H groups in total. The van der Waals surface area contributed by atoms with Crippen LogP contribution in [0.3, 0.4) is 0 Å². The molecule has 1 aliphatic heterocycles. The van der Waals surface area contributed by atoms with Crippen molar-refractivity contribution >= 4 is 39.8 Å². The highest BCUT2D eigenvalue weighted by molar-refractivity contribution is 8.02. The van der Waals surface area contributed by atoms with Gasteiger partial charge in [0.15, 0.2) is 4.34 Å². The lowest BCUT2D eigenvalue weighted by molar-refractivity contribution is -0.131. The maximum absolute atomic E-state index is 12.9. The Morgan fingerprint density at radius 1 is 1.18 bits per heavy atom. The summed E-state index contributed by atoms with van der Waals surface area (Å²) in [5, 5.41) is 12.3. The zero-order valence-electron chi connectivity index (χ0n) is 15.9. The Labute approximate surface area is 173 Å². The number of aryl methyl sites for hydroxylation is 1. The summed E-state index contributed by atoms with van der Waals surface area (Å²) in [6.07, 6.45) is 0.919. The summed E-state index contributed by atoms with van der Waals surface area (Å²) in [5.74, 6) is 0.155. The van der Waals surface area contributed by atoms with Crippen LogP contribution in [0.25, 0.3) is 0 Å². The molecule has 0 aliphatic carbocycles. The fraction of sp³-hybridized carbons (Fsp3) is 0.286. The van der Waals surface area contributed by atoms with Crippen molar-refractivity contribution < 1.29 is 4.79 Å². The van der Waals surface area contributed by atoms with E-state index in [1.807, 2.05) is 30.0 Å². The summed E-state index contributed by atoms with van der Waals surface area (Å²) >= 11 is 2.95. The molecule has 1 amide bonds. The van der Waals surface area contributed by atoms with E-state index in [0.717, 1.165) is 28.1 Å². The van der Waals surface area contributed by atoms with Crippen molar-refractivity contribution in [3.8, 4) is 0 Å². The number of hydrogen-bond acceptors (Lipinski definition) is 6. The molecule has 0 spiro atoms. The Morgan fingerprint density at radius 2 is 2.00 bits per heavy atom. The van der Waals surface area contributed by atoms with Crippen LogP contribution in [0.1, 0.15) is 23.6 Å². The van der Waals surface area contributed by atoms with Crippen LogP contribution in [0.5, 0.6) is 0 Å².